The van der Waals surface area contributed by atoms with Gasteiger partial charge in [-0.2, -0.15) is 0 Å². The molecule has 0 aromatic heterocycles. The molecule has 1 N–H and O–H groups in total. The first-order chi connectivity index (χ1) is 8.65. The Morgan fingerprint density at radius 2 is 1.63 bits per heavy atom. The Morgan fingerprint density at radius 1 is 1.11 bits per heavy atom. The number of carboxylic acids is 1. The highest BCUT2D eigenvalue weighted by molar-refractivity contribution is 6.14. The lowest BCUT2D eigenvalue weighted by molar-refractivity contribution is -0.130. The van der Waals surface area contributed by atoms with Crippen LogP contribution in [0.5, 0.6) is 0 Å². The second-order valence-corrected chi connectivity index (χ2v) is 6.81. The third-order valence-corrected chi connectivity index (χ3v) is 4.46. The van der Waals surface area contributed by atoms with E-state index in [1.165, 1.54) is 11.1 Å². The van der Waals surface area contributed by atoms with Crippen molar-refractivity contribution in [2.24, 2.45) is 0 Å². The average molecular weight is 258 g/mol. The molecule has 0 saturated carbocycles. The van der Waals surface area contributed by atoms with Crippen LogP contribution in [-0.4, -0.2) is 11.1 Å². The summed E-state index contributed by atoms with van der Waals surface area (Å²) in [5.74, 6) is -0.951. The van der Waals surface area contributed by atoms with Crippen LogP contribution in [0.2, 0.25) is 0 Å². The molecule has 2 rings (SSSR count). The SMILES string of the molecule is C=C(C(=O)O)c1ccc2c(c1)C(C)(C)CCC2(C)C. The summed E-state index contributed by atoms with van der Waals surface area (Å²) in [5, 5.41) is 9.07. The summed E-state index contributed by atoms with van der Waals surface area (Å²) in [6.07, 6.45) is 2.28. The van der Waals surface area contributed by atoms with Gasteiger partial charge in [0.15, 0.2) is 0 Å². The van der Waals surface area contributed by atoms with Crippen molar-refractivity contribution in [1.82, 2.24) is 0 Å². The maximum Gasteiger partial charge on any atom is 0.335 e. The maximum absolute atomic E-state index is 11.1. The number of rotatable bonds is 2. The monoisotopic (exact) mass is 258 g/mol. The molecular formula is C17H22O2. The van der Waals surface area contributed by atoms with Gasteiger partial charge in [0.05, 0.1) is 5.57 Å². The first-order valence-electron chi connectivity index (χ1n) is 6.73. The van der Waals surface area contributed by atoms with Crippen LogP contribution in [-0.2, 0) is 15.6 Å². The topological polar surface area (TPSA) is 37.3 Å². The number of fused-ring (bicyclic) bond motifs is 1. The van der Waals surface area contributed by atoms with E-state index in [-0.39, 0.29) is 16.4 Å². The number of hydrogen-bond acceptors (Lipinski definition) is 1. The van der Waals surface area contributed by atoms with Crippen LogP contribution in [0.4, 0.5) is 0 Å². The smallest absolute Gasteiger partial charge is 0.335 e. The third kappa shape index (κ3) is 2.32. The van der Waals surface area contributed by atoms with E-state index < -0.39 is 5.97 Å². The first kappa shape index (κ1) is 13.9. The van der Waals surface area contributed by atoms with Gasteiger partial charge in [0.2, 0.25) is 0 Å². The van der Waals surface area contributed by atoms with Crippen LogP contribution < -0.4 is 0 Å². The van der Waals surface area contributed by atoms with Crippen molar-refractivity contribution in [2.45, 2.75) is 51.4 Å². The minimum atomic E-state index is -0.951. The van der Waals surface area contributed by atoms with Crippen molar-refractivity contribution in [3.8, 4) is 0 Å². The zero-order valence-electron chi connectivity index (χ0n) is 12.2. The Morgan fingerprint density at radius 3 is 2.16 bits per heavy atom. The van der Waals surface area contributed by atoms with Gasteiger partial charge in [-0.1, -0.05) is 52.5 Å². The van der Waals surface area contributed by atoms with Crippen LogP contribution >= 0.6 is 0 Å². The maximum atomic E-state index is 11.1. The molecule has 0 spiro atoms. The van der Waals surface area contributed by atoms with Crippen molar-refractivity contribution in [3.05, 3.63) is 41.5 Å². The fraction of sp³-hybridized carbons (Fsp3) is 0.471. The normalized spacial score (nSPS) is 19.6. The second kappa shape index (κ2) is 4.22. The molecule has 19 heavy (non-hydrogen) atoms. The summed E-state index contributed by atoms with van der Waals surface area (Å²) in [6.45, 7) is 12.6. The van der Waals surface area contributed by atoms with E-state index in [9.17, 15) is 4.79 Å². The van der Waals surface area contributed by atoms with Crippen LogP contribution in [0.15, 0.2) is 24.8 Å². The van der Waals surface area contributed by atoms with Gasteiger partial charge in [0, 0.05) is 0 Å². The van der Waals surface area contributed by atoms with Crippen molar-refractivity contribution in [3.63, 3.8) is 0 Å². The summed E-state index contributed by atoms with van der Waals surface area (Å²) in [7, 11) is 0. The van der Waals surface area contributed by atoms with Gasteiger partial charge < -0.3 is 5.11 Å². The lowest BCUT2D eigenvalue weighted by Gasteiger charge is -2.42. The molecule has 0 unspecified atom stereocenters. The number of aliphatic carboxylic acids is 1. The highest BCUT2D eigenvalue weighted by Gasteiger charge is 2.37. The Balaban J connectivity index is 2.60. The molecule has 2 nitrogen and oxygen atoms in total. The van der Waals surface area contributed by atoms with E-state index in [1.54, 1.807) is 0 Å². The van der Waals surface area contributed by atoms with Gasteiger partial charge in [-0.05, 0) is 40.4 Å². The largest absolute Gasteiger partial charge is 0.478 e. The van der Waals surface area contributed by atoms with Gasteiger partial charge in [0.25, 0.3) is 0 Å². The number of benzene rings is 1. The van der Waals surface area contributed by atoms with Gasteiger partial charge in [0.1, 0.15) is 0 Å². The molecule has 0 saturated heterocycles. The van der Waals surface area contributed by atoms with Crippen molar-refractivity contribution >= 4 is 11.5 Å². The fourth-order valence-electron chi connectivity index (χ4n) is 2.90. The van der Waals surface area contributed by atoms with Crippen LogP contribution in [0, 0.1) is 0 Å². The molecule has 0 bridgehead atoms. The minimum absolute atomic E-state index is 0.0969. The Bertz CT molecular complexity index is 550. The van der Waals surface area contributed by atoms with Crippen molar-refractivity contribution < 1.29 is 9.90 Å². The van der Waals surface area contributed by atoms with E-state index in [0.717, 1.165) is 18.4 Å². The van der Waals surface area contributed by atoms with Crippen LogP contribution in [0.3, 0.4) is 0 Å². The van der Waals surface area contributed by atoms with E-state index in [2.05, 4.69) is 40.3 Å². The molecule has 1 aromatic rings. The van der Waals surface area contributed by atoms with E-state index >= 15 is 0 Å². The standard InChI is InChI=1S/C17H22O2/c1-11(15(18)19)12-6-7-13-14(10-12)17(4,5)9-8-16(13,2)3/h6-7,10H,1,8-9H2,2-5H3,(H,18,19). The fourth-order valence-corrected chi connectivity index (χ4v) is 2.90. The van der Waals surface area contributed by atoms with Gasteiger partial charge in [-0.15, -0.1) is 0 Å². The van der Waals surface area contributed by atoms with Crippen LogP contribution in [0.25, 0.3) is 5.57 Å². The Hall–Kier alpha value is -1.57. The van der Waals surface area contributed by atoms with E-state index in [4.69, 9.17) is 5.11 Å². The summed E-state index contributed by atoms with van der Waals surface area (Å²) < 4.78 is 0. The highest BCUT2D eigenvalue weighted by atomic mass is 16.4. The Kier molecular flexibility index (Phi) is 3.08. The van der Waals surface area contributed by atoms with Gasteiger partial charge in [-0.25, -0.2) is 4.79 Å². The molecule has 0 aliphatic heterocycles. The lowest BCUT2D eigenvalue weighted by atomic mass is 9.63. The van der Waals surface area contributed by atoms with Crippen molar-refractivity contribution in [1.29, 1.82) is 0 Å². The second-order valence-electron chi connectivity index (χ2n) is 6.81. The highest BCUT2D eigenvalue weighted by Crippen LogP contribution is 2.46. The molecule has 0 fully saturated rings. The van der Waals surface area contributed by atoms with Gasteiger partial charge >= 0.3 is 5.97 Å². The molecule has 1 aliphatic carbocycles. The molecule has 1 aromatic carbocycles. The number of hydrogen-bond donors (Lipinski definition) is 1. The summed E-state index contributed by atoms with van der Waals surface area (Å²) in [4.78, 5) is 11.1. The summed E-state index contributed by atoms with van der Waals surface area (Å²) >= 11 is 0. The molecule has 0 atom stereocenters. The van der Waals surface area contributed by atoms with Crippen LogP contribution in [0.1, 0.15) is 57.2 Å². The van der Waals surface area contributed by atoms with Gasteiger partial charge in [-0.3, -0.25) is 0 Å². The zero-order valence-corrected chi connectivity index (χ0v) is 12.2. The Labute approximate surface area is 115 Å². The predicted molar refractivity (Wildman–Crippen MR) is 78.4 cm³/mol. The molecule has 0 amide bonds. The van der Waals surface area contributed by atoms with E-state index in [0.29, 0.717) is 0 Å². The van der Waals surface area contributed by atoms with E-state index in [1.807, 2.05) is 12.1 Å². The lowest BCUT2D eigenvalue weighted by Crippen LogP contribution is -2.33. The zero-order chi connectivity index (χ0) is 14.4. The van der Waals surface area contributed by atoms with Crippen molar-refractivity contribution in [2.75, 3.05) is 0 Å². The first-order valence-corrected chi connectivity index (χ1v) is 6.73. The molecule has 102 valence electrons. The quantitative estimate of drug-likeness (QED) is 0.810. The molecule has 0 heterocycles. The number of carbonyl (C=O) groups is 1. The predicted octanol–water partition coefficient (Wildman–Crippen LogP) is 4.13. The molecule has 1 aliphatic rings. The minimum Gasteiger partial charge on any atom is -0.478 e. The third-order valence-electron chi connectivity index (χ3n) is 4.46. The molecular weight excluding hydrogens is 236 g/mol. The average Bonchev–Trinajstić information content (AvgIpc) is 2.33. The summed E-state index contributed by atoms with van der Waals surface area (Å²) in [6, 6.07) is 5.99. The number of carboxylic acid groups (broad SMARTS) is 1. The molecule has 2 heteroatoms. The summed E-state index contributed by atoms with van der Waals surface area (Å²) in [5.41, 5.74) is 3.75. The molecule has 0 radical (unpaired) electrons.